The van der Waals surface area contributed by atoms with Crippen LogP contribution in [0.15, 0.2) is 42.5 Å². The van der Waals surface area contributed by atoms with Crippen molar-refractivity contribution in [1.82, 2.24) is 0 Å². The number of nitrogens with two attached hydrogens (primary N) is 1. The molecule has 0 fully saturated rings. The molecule has 1 amide bonds. The molecule has 0 bridgehead atoms. The first-order valence-corrected chi connectivity index (χ1v) is 6.83. The number of aryl methyl sites for hydroxylation is 2. The highest BCUT2D eigenvalue weighted by atomic mass is 35.5. The third-order valence-electron chi connectivity index (χ3n) is 3.15. The van der Waals surface area contributed by atoms with Crippen molar-refractivity contribution in [2.24, 2.45) is 0 Å². The predicted molar refractivity (Wildman–Crippen MR) is 84.0 cm³/mol. The highest BCUT2D eigenvalue weighted by Crippen LogP contribution is 2.24. The molecule has 20 heavy (non-hydrogen) atoms. The van der Waals surface area contributed by atoms with Gasteiger partial charge in [-0.25, -0.2) is 0 Å². The second-order valence-corrected chi connectivity index (χ2v) is 5.12. The Morgan fingerprint density at radius 2 is 2.00 bits per heavy atom. The van der Waals surface area contributed by atoms with Gasteiger partial charge in [-0.15, -0.1) is 0 Å². The number of hydrogen-bond acceptors (Lipinski definition) is 2. The summed E-state index contributed by atoms with van der Waals surface area (Å²) in [6.07, 6.45) is 1.12. The molecule has 104 valence electrons. The van der Waals surface area contributed by atoms with Gasteiger partial charge in [0.25, 0.3) is 0 Å². The zero-order chi connectivity index (χ0) is 14.5. The van der Waals surface area contributed by atoms with Crippen molar-refractivity contribution in [2.75, 3.05) is 11.1 Å². The lowest BCUT2D eigenvalue weighted by atomic mass is 10.0. The second-order valence-electron chi connectivity index (χ2n) is 4.71. The Labute approximate surface area is 123 Å². The van der Waals surface area contributed by atoms with Gasteiger partial charge in [-0.1, -0.05) is 35.9 Å². The number of nitrogens with one attached hydrogen (secondary N) is 1. The molecule has 4 heteroatoms. The minimum Gasteiger partial charge on any atom is -0.399 e. The van der Waals surface area contributed by atoms with Crippen LogP contribution in [-0.4, -0.2) is 5.91 Å². The molecule has 0 radical (unpaired) electrons. The Kier molecular flexibility index (Phi) is 4.64. The van der Waals surface area contributed by atoms with Crippen molar-refractivity contribution in [2.45, 2.75) is 19.8 Å². The van der Waals surface area contributed by atoms with E-state index >= 15 is 0 Å². The molecular weight excluding hydrogens is 272 g/mol. The number of carbonyl (C=O) groups is 1. The van der Waals surface area contributed by atoms with Crippen molar-refractivity contribution in [3.63, 3.8) is 0 Å². The molecule has 0 aliphatic rings. The van der Waals surface area contributed by atoms with E-state index in [1.165, 1.54) is 11.1 Å². The lowest BCUT2D eigenvalue weighted by Crippen LogP contribution is -2.13. The Bertz CT molecular complexity index is 626. The van der Waals surface area contributed by atoms with Crippen molar-refractivity contribution in [3.05, 3.63) is 58.6 Å². The summed E-state index contributed by atoms with van der Waals surface area (Å²) in [7, 11) is 0. The monoisotopic (exact) mass is 288 g/mol. The zero-order valence-electron chi connectivity index (χ0n) is 11.3. The molecule has 0 aromatic heterocycles. The van der Waals surface area contributed by atoms with Crippen LogP contribution < -0.4 is 11.1 Å². The van der Waals surface area contributed by atoms with E-state index in [1.54, 1.807) is 18.2 Å². The number of rotatable bonds is 4. The van der Waals surface area contributed by atoms with E-state index in [9.17, 15) is 4.79 Å². The minimum absolute atomic E-state index is 0.0687. The highest BCUT2D eigenvalue weighted by Gasteiger charge is 2.07. The Hall–Kier alpha value is -2.00. The van der Waals surface area contributed by atoms with E-state index in [1.807, 2.05) is 31.2 Å². The molecule has 3 nitrogen and oxygen atoms in total. The Morgan fingerprint density at radius 1 is 1.25 bits per heavy atom. The maximum absolute atomic E-state index is 12.0. The van der Waals surface area contributed by atoms with Gasteiger partial charge in [0.2, 0.25) is 5.91 Å². The van der Waals surface area contributed by atoms with E-state index < -0.39 is 0 Å². The third kappa shape index (κ3) is 3.75. The van der Waals surface area contributed by atoms with Crippen molar-refractivity contribution >= 4 is 28.9 Å². The van der Waals surface area contributed by atoms with Crippen LogP contribution in [0.3, 0.4) is 0 Å². The third-order valence-corrected chi connectivity index (χ3v) is 3.48. The van der Waals surface area contributed by atoms with Gasteiger partial charge in [-0.3, -0.25) is 4.79 Å². The summed E-state index contributed by atoms with van der Waals surface area (Å²) in [5.74, 6) is -0.0687. The van der Waals surface area contributed by atoms with Gasteiger partial charge >= 0.3 is 0 Å². The molecule has 0 unspecified atom stereocenters. The first-order valence-electron chi connectivity index (χ1n) is 6.45. The van der Waals surface area contributed by atoms with Gasteiger partial charge in [0, 0.05) is 12.1 Å². The van der Waals surface area contributed by atoms with Gasteiger partial charge < -0.3 is 11.1 Å². The predicted octanol–water partition coefficient (Wildman–Crippen LogP) is 3.80. The summed E-state index contributed by atoms with van der Waals surface area (Å²) < 4.78 is 0. The summed E-state index contributed by atoms with van der Waals surface area (Å²) in [5.41, 5.74) is 9.19. The van der Waals surface area contributed by atoms with Crippen LogP contribution in [0.4, 0.5) is 11.4 Å². The Balaban J connectivity index is 1.96. The molecule has 0 aliphatic heterocycles. The van der Waals surface area contributed by atoms with Crippen LogP contribution in [0.5, 0.6) is 0 Å². The van der Waals surface area contributed by atoms with Crippen molar-refractivity contribution in [1.29, 1.82) is 0 Å². The van der Waals surface area contributed by atoms with E-state index in [-0.39, 0.29) is 5.91 Å². The smallest absolute Gasteiger partial charge is 0.224 e. The van der Waals surface area contributed by atoms with E-state index in [4.69, 9.17) is 17.3 Å². The maximum atomic E-state index is 12.0. The zero-order valence-corrected chi connectivity index (χ0v) is 12.1. The van der Waals surface area contributed by atoms with Crippen molar-refractivity contribution < 1.29 is 4.79 Å². The largest absolute Gasteiger partial charge is 0.399 e. The fourth-order valence-corrected chi connectivity index (χ4v) is 2.15. The standard InChI is InChI=1S/C16H17ClN2O/c1-11-4-2-3-5-12(11)6-9-16(20)19-15-10-13(18)7-8-14(15)17/h2-5,7-8,10H,6,9,18H2,1H3,(H,19,20). The Morgan fingerprint density at radius 3 is 2.75 bits per heavy atom. The van der Waals surface area contributed by atoms with Gasteiger partial charge in [0.05, 0.1) is 10.7 Å². The van der Waals surface area contributed by atoms with Crippen LogP contribution in [-0.2, 0) is 11.2 Å². The number of nitrogen functional groups attached to an aromatic ring is 1. The molecule has 2 aromatic rings. The molecule has 0 aliphatic carbocycles. The summed E-state index contributed by atoms with van der Waals surface area (Å²) >= 11 is 6.01. The topological polar surface area (TPSA) is 55.1 Å². The van der Waals surface area contributed by atoms with Crippen LogP contribution in [0.1, 0.15) is 17.5 Å². The fourth-order valence-electron chi connectivity index (χ4n) is 1.99. The van der Waals surface area contributed by atoms with E-state index in [2.05, 4.69) is 5.32 Å². The normalized spacial score (nSPS) is 10.3. The number of hydrogen-bond donors (Lipinski definition) is 2. The molecule has 0 atom stereocenters. The summed E-state index contributed by atoms with van der Waals surface area (Å²) in [6, 6.07) is 13.1. The number of carbonyl (C=O) groups excluding carboxylic acids is 1. The first-order chi connectivity index (χ1) is 9.56. The summed E-state index contributed by atoms with van der Waals surface area (Å²) in [6.45, 7) is 2.04. The molecular formula is C16H17ClN2O. The minimum atomic E-state index is -0.0687. The molecule has 0 saturated carbocycles. The number of anilines is 2. The lowest BCUT2D eigenvalue weighted by molar-refractivity contribution is -0.116. The second kappa shape index (κ2) is 6.44. The van der Waals surface area contributed by atoms with Crippen LogP contribution >= 0.6 is 11.6 Å². The number of amides is 1. The van der Waals surface area contributed by atoms with Crippen LogP contribution in [0.25, 0.3) is 0 Å². The van der Waals surface area contributed by atoms with Crippen LogP contribution in [0, 0.1) is 6.92 Å². The molecule has 2 aromatic carbocycles. The first kappa shape index (κ1) is 14.4. The van der Waals surface area contributed by atoms with Crippen LogP contribution in [0.2, 0.25) is 5.02 Å². The lowest BCUT2D eigenvalue weighted by Gasteiger charge is -2.09. The quantitative estimate of drug-likeness (QED) is 0.841. The average Bonchev–Trinajstić information content (AvgIpc) is 2.42. The molecule has 3 N–H and O–H groups in total. The van der Waals surface area contributed by atoms with Gasteiger partial charge in [0.15, 0.2) is 0 Å². The molecule has 2 rings (SSSR count). The SMILES string of the molecule is Cc1ccccc1CCC(=O)Nc1cc(N)ccc1Cl. The number of halogens is 1. The fraction of sp³-hybridized carbons (Fsp3) is 0.188. The maximum Gasteiger partial charge on any atom is 0.224 e. The van der Waals surface area contributed by atoms with Crippen molar-refractivity contribution in [3.8, 4) is 0 Å². The van der Waals surface area contributed by atoms with Gasteiger partial charge in [0.1, 0.15) is 0 Å². The highest BCUT2D eigenvalue weighted by molar-refractivity contribution is 6.33. The molecule has 0 spiro atoms. The van der Waals surface area contributed by atoms with Gasteiger partial charge in [-0.2, -0.15) is 0 Å². The summed E-state index contributed by atoms with van der Waals surface area (Å²) in [4.78, 5) is 12.0. The summed E-state index contributed by atoms with van der Waals surface area (Å²) in [5, 5.41) is 3.28. The van der Waals surface area contributed by atoms with Gasteiger partial charge in [-0.05, 0) is 42.7 Å². The van der Waals surface area contributed by atoms with E-state index in [0.717, 1.165) is 0 Å². The average molecular weight is 289 g/mol. The molecule has 0 saturated heterocycles. The van der Waals surface area contributed by atoms with E-state index in [0.29, 0.717) is 29.2 Å². The number of benzene rings is 2. The molecule has 0 heterocycles.